The largest absolute Gasteiger partial charge is 0.508 e. The highest BCUT2D eigenvalue weighted by atomic mass is 32.2. The van der Waals surface area contributed by atoms with Gasteiger partial charge in [0.15, 0.2) is 6.29 Å². The smallest absolute Gasteiger partial charge is 0.264 e. The summed E-state index contributed by atoms with van der Waals surface area (Å²) in [5.74, 6) is -0.203. The molecule has 0 spiro atoms. The summed E-state index contributed by atoms with van der Waals surface area (Å²) in [4.78, 5) is 6.39. The summed E-state index contributed by atoms with van der Waals surface area (Å²) in [6, 6.07) is 39.8. The molecule has 7 rings (SSSR count). The van der Waals surface area contributed by atoms with Crippen LogP contribution in [0.1, 0.15) is 52.2 Å². The Hall–Kier alpha value is -5.14. The molecule has 0 saturated carbocycles. The predicted octanol–water partition coefficient (Wildman–Crippen LogP) is 6.84. The first-order valence-corrected chi connectivity index (χ1v) is 18.8. The van der Waals surface area contributed by atoms with Crippen LogP contribution in [0.5, 0.6) is 5.75 Å². The first-order valence-electron chi connectivity index (χ1n) is 17.4. The molecular formula is C42H41N3O7S. The van der Waals surface area contributed by atoms with Crippen molar-refractivity contribution >= 4 is 26.6 Å². The van der Waals surface area contributed by atoms with Gasteiger partial charge in [0.05, 0.1) is 30.4 Å². The molecule has 2 heterocycles. The van der Waals surface area contributed by atoms with Crippen molar-refractivity contribution in [2.75, 3.05) is 24.9 Å². The molecule has 53 heavy (non-hydrogen) atoms. The lowest BCUT2D eigenvalue weighted by molar-refractivity contribution is -0.263. The second-order valence-electron chi connectivity index (χ2n) is 13.3. The number of aliphatic hydroxyl groups excluding tert-OH is 2. The fourth-order valence-electron chi connectivity index (χ4n) is 6.93. The van der Waals surface area contributed by atoms with Crippen molar-refractivity contribution in [2.45, 2.75) is 42.0 Å². The minimum Gasteiger partial charge on any atom is -0.508 e. The van der Waals surface area contributed by atoms with E-state index in [9.17, 15) is 23.7 Å². The fraction of sp³-hybridized carbons (Fsp3) is 0.214. The standard InChI is InChI=1S/C42H41N3O7S/c1-45(25-36(48)32-12-6-16-35(47)24-32)26-37-39(29-9-3-2-4-10-29)41(31-20-18-28(27-46)19-21-31)52-42(51-37)33-13-5-15-34(23-33)44-53(49,50)38-17-7-11-30-14-8-22-43-40(30)38/h2-24,36-37,39,41-42,44,46-48H,25-27H2,1H3. The van der Waals surface area contributed by atoms with E-state index in [1.54, 1.807) is 60.8 Å². The summed E-state index contributed by atoms with van der Waals surface area (Å²) in [5.41, 5.74) is 4.57. The third kappa shape index (κ3) is 8.26. The Labute approximate surface area is 309 Å². The number of aromatic nitrogens is 1. The maximum Gasteiger partial charge on any atom is 0.264 e. The van der Waals surface area contributed by atoms with Crippen molar-refractivity contribution in [3.63, 3.8) is 0 Å². The van der Waals surface area contributed by atoms with Crippen molar-refractivity contribution in [1.29, 1.82) is 0 Å². The van der Waals surface area contributed by atoms with E-state index in [0.717, 1.165) is 16.7 Å². The third-order valence-electron chi connectivity index (χ3n) is 9.50. The number of hydrogen-bond donors (Lipinski definition) is 4. The molecular weight excluding hydrogens is 691 g/mol. The van der Waals surface area contributed by atoms with Crippen LogP contribution in [-0.2, 0) is 26.1 Å². The number of fused-ring (bicyclic) bond motifs is 1. The number of likely N-dealkylation sites (N-methyl/N-ethyl adjacent to an activating group) is 1. The van der Waals surface area contributed by atoms with E-state index in [1.165, 1.54) is 6.07 Å². The Morgan fingerprint density at radius 1 is 0.811 bits per heavy atom. The van der Waals surface area contributed by atoms with Gasteiger partial charge in [-0.3, -0.25) is 9.71 Å². The topological polar surface area (TPSA) is 141 Å². The van der Waals surface area contributed by atoms with Gasteiger partial charge in [-0.05, 0) is 65.7 Å². The van der Waals surface area contributed by atoms with Crippen LogP contribution in [0.25, 0.3) is 10.9 Å². The van der Waals surface area contributed by atoms with Crippen LogP contribution in [-0.4, -0.2) is 59.9 Å². The molecule has 5 aromatic carbocycles. The van der Waals surface area contributed by atoms with Gasteiger partial charge >= 0.3 is 0 Å². The molecule has 5 unspecified atom stereocenters. The summed E-state index contributed by atoms with van der Waals surface area (Å²) in [6.45, 7) is 0.583. The SMILES string of the molecule is CN(CC(O)c1cccc(O)c1)CC1OC(c2cccc(NS(=O)(=O)c3cccc4cccnc34)c2)OC(c2ccc(CO)cc2)C1c1ccccc1. The second kappa shape index (κ2) is 15.8. The van der Waals surface area contributed by atoms with Crippen LogP contribution in [0.3, 0.4) is 0 Å². The van der Waals surface area contributed by atoms with Gasteiger partial charge in [-0.15, -0.1) is 0 Å². The summed E-state index contributed by atoms with van der Waals surface area (Å²) < 4.78 is 43.8. The predicted molar refractivity (Wildman–Crippen MR) is 203 cm³/mol. The normalized spacial score (nSPS) is 19.6. The Kier molecular flexibility index (Phi) is 10.8. The number of benzene rings is 5. The average Bonchev–Trinajstić information content (AvgIpc) is 3.17. The van der Waals surface area contributed by atoms with E-state index in [0.29, 0.717) is 34.3 Å². The molecule has 6 aromatic rings. The number of aliphatic hydroxyl groups is 2. The lowest BCUT2D eigenvalue weighted by atomic mass is 9.83. The molecule has 10 nitrogen and oxygen atoms in total. The van der Waals surface area contributed by atoms with E-state index in [-0.39, 0.29) is 29.7 Å². The highest BCUT2D eigenvalue weighted by molar-refractivity contribution is 7.93. The van der Waals surface area contributed by atoms with Gasteiger partial charge in [0.2, 0.25) is 0 Å². The first kappa shape index (κ1) is 36.2. The van der Waals surface area contributed by atoms with Gasteiger partial charge in [0.25, 0.3) is 10.0 Å². The minimum absolute atomic E-state index is 0.0688. The number of aromatic hydroxyl groups is 1. The van der Waals surface area contributed by atoms with Crippen LogP contribution in [0.15, 0.2) is 145 Å². The van der Waals surface area contributed by atoms with Crippen LogP contribution < -0.4 is 4.72 Å². The minimum atomic E-state index is -4.02. The maximum absolute atomic E-state index is 13.7. The van der Waals surface area contributed by atoms with Crippen molar-refractivity contribution in [3.8, 4) is 5.75 Å². The Morgan fingerprint density at radius 3 is 2.32 bits per heavy atom. The molecule has 0 amide bonds. The third-order valence-corrected chi connectivity index (χ3v) is 10.9. The highest BCUT2D eigenvalue weighted by Crippen LogP contribution is 2.47. The van der Waals surface area contributed by atoms with Crippen LogP contribution in [0.4, 0.5) is 5.69 Å². The molecule has 4 N–H and O–H groups in total. The van der Waals surface area contributed by atoms with Crippen LogP contribution in [0, 0.1) is 0 Å². The molecule has 5 atom stereocenters. The number of nitrogens with zero attached hydrogens (tertiary/aromatic N) is 2. The first-order chi connectivity index (χ1) is 25.7. The van der Waals surface area contributed by atoms with Crippen LogP contribution >= 0.6 is 0 Å². The number of phenolic OH excluding ortho intramolecular Hbond substituents is 1. The lowest BCUT2D eigenvalue weighted by Gasteiger charge is -2.44. The number of nitrogens with one attached hydrogen (secondary N) is 1. The fourth-order valence-corrected chi connectivity index (χ4v) is 8.16. The van der Waals surface area contributed by atoms with E-state index < -0.39 is 34.6 Å². The average molecular weight is 732 g/mol. The molecule has 0 radical (unpaired) electrons. The van der Waals surface area contributed by atoms with Crippen molar-refractivity contribution in [3.05, 3.63) is 167 Å². The van der Waals surface area contributed by atoms with Gasteiger partial charge in [-0.2, -0.15) is 0 Å². The van der Waals surface area contributed by atoms with Gasteiger partial charge in [-0.1, -0.05) is 97.1 Å². The van der Waals surface area contributed by atoms with E-state index in [2.05, 4.69) is 9.71 Å². The second-order valence-corrected chi connectivity index (χ2v) is 14.9. The van der Waals surface area contributed by atoms with Gasteiger partial charge in [0, 0.05) is 41.8 Å². The number of pyridine rings is 1. The number of hydrogen-bond acceptors (Lipinski definition) is 9. The number of ether oxygens (including phenoxy) is 2. The zero-order valence-corrected chi connectivity index (χ0v) is 29.9. The van der Waals surface area contributed by atoms with Gasteiger partial charge in [-0.25, -0.2) is 8.42 Å². The van der Waals surface area contributed by atoms with Gasteiger partial charge in [0.1, 0.15) is 10.6 Å². The molecule has 1 fully saturated rings. The molecule has 11 heteroatoms. The Balaban J connectivity index is 1.22. The zero-order valence-electron chi connectivity index (χ0n) is 29.1. The molecule has 0 aliphatic carbocycles. The number of phenols is 1. The molecule has 1 aromatic heterocycles. The molecule has 1 aliphatic rings. The maximum atomic E-state index is 13.7. The summed E-state index contributed by atoms with van der Waals surface area (Å²) >= 11 is 0. The van der Waals surface area contributed by atoms with Crippen molar-refractivity contribution in [2.24, 2.45) is 0 Å². The highest BCUT2D eigenvalue weighted by Gasteiger charge is 2.42. The molecule has 1 saturated heterocycles. The Morgan fingerprint density at radius 2 is 1.55 bits per heavy atom. The Bertz CT molecular complexity index is 2270. The molecule has 1 aliphatic heterocycles. The summed E-state index contributed by atoms with van der Waals surface area (Å²) in [7, 11) is -2.11. The number of rotatable bonds is 12. The van der Waals surface area contributed by atoms with Crippen molar-refractivity contribution < 1.29 is 33.2 Å². The lowest BCUT2D eigenvalue weighted by Crippen LogP contribution is -2.44. The van der Waals surface area contributed by atoms with Crippen molar-refractivity contribution in [1.82, 2.24) is 9.88 Å². The van der Waals surface area contributed by atoms with E-state index in [4.69, 9.17) is 9.47 Å². The zero-order chi connectivity index (χ0) is 37.0. The number of sulfonamides is 1. The number of anilines is 1. The monoisotopic (exact) mass is 731 g/mol. The van der Waals surface area contributed by atoms with Gasteiger partial charge < -0.3 is 29.7 Å². The van der Waals surface area contributed by atoms with Crippen LogP contribution in [0.2, 0.25) is 0 Å². The summed E-state index contributed by atoms with van der Waals surface area (Å²) in [6.07, 6.45) is -1.14. The quantitative estimate of drug-likeness (QED) is 0.107. The van der Waals surface area contributed by atoms with E-state index in [1.807, 2.05) is 84.7 Å². The number of para-hydroxylation sites is 1. The molecule has 272 valence electrons. The molecule has 0 bridgehead atoms. The van der Waals surface area contributed by atoms with E-state index >= 15 is 0 Å². The summed E-state index contributed by atoms with van der Waals surface area (Å²) in [5, 5.41) is 31.6.